The van der Waals surface area contributed by atoms with Crippen LogP contribution >= 0.6 is 0 Å². The molecule has 0 heterocycles. The number of para-hydroxylation sites is 1. The van der Waals surface area contributed by atoms with Crippen molar-refractivity contribution in [1.82, 2.24) is 10.2 Å². The quantitative estimate of drug-likeness (QED) is 0.156. The molecule has 0 spiro atoms. The molecule has 0 saturated carbocycles. The molecule has 7 nitrogen and oxygen atoms in total. The van der Waals surface area contributed by atoms with Gasteiger partial charge in [-0.05, 0) is 68.5 Å². The van der Waals surface area contributed by atoms with Gasteiger partial charge in [-0.15, -0.1) is 0 Å². The van der Waals surface area contributed by atoms with Gasteiger partial charge < -0.3 is 20.3 Å². The summed E-state index contributed by atoms with van der Waals surface area (Å²) < 4.78 is 5.58. The number of ether oxygens (including phenoxy) is 1. The smallest absolute Gasteiger partial charge is 0.408 e. The number of rotatable bonds is 16. The first-order chi connectivity index (χ1) is 22.0. The Kier molecular flexibility index (Phi) is 14.1. The summed E-state index contributed by atoms with van der Waals surface area (Å²) in [6.45, 7) is 13.7. The Morgan fingerprint density at radius 1 is 0.891 bits per heavy atom. The van der Waals surface area contributed by atoms with E-state index in [0.29, 0.717) is 17.8 Å². The highest BCUT2D eigenvalue weighted by Gasteiger charge is 2.36. The number of aryl methyl sites for hydroxylation is 1. The van der Waals surface area contributed by atoms with Crippen LogP contribution in [-0.2, 0) is 20.7 Å². The summed E-state index contributed by atoms with van der Waals surface area (Å²) in [6, 6.07) is 22.7. The van der Waals surface area contributed by atoms with Crippen molar-refractivity contribution in [3.05, 3.63) is 108 Å². The number of nitrogens with one attached hydrogen (secondary N) is 2. The van der Waals surface area contributed by atoms with E-state index in [9.17, 15) is 14.4 Å². The van der Waals surface area contributed by atoms with Crippen LogP contribution < -0.4 is 10.6 Å². The summed E-state index contributed by atoms with van der Waals surface area (Å²) in [5.74, 6) is -0.678. The highest BCUT2D eigenvalue weighted by Crippen LogP contribution is 2.28. The van der Waals surface area contributed by atoms with E-state index < -0.39 is 23.8 Å². The Hall–Kier alpha value is -4.39. The van der Waals surface area contributed by atoms with Crippen molar-refractivity contribution in [3.63, 3.8) is 0 Å². The first-order valence-electron chi connectivity index (χ1n) is 16.4. The van der Waals surface area contributed by atoms with Crippen LogP contribution in [0.25, 0.3) is 6.08 Å². The fourth-order valence-corrected chi connectivity index (χ4v) is 5.37. The maximum Gasteiger partial charge on any atom is 0.408 e. The standard InChI is InChI=1S/C39H51N3O4/c1-7-9-10-11-12-18-26-42(37(44)34(28-31-21-14-13-15-22-31)41-38(45)46-39(4,5)6)35(32-24-19-23-30(8-2)27-32)36(43)40-33-25-17-16-20-29(33)3/h8,13-17,19-25,27,34-35H,2,7,9-12,18,26,28H2,1,3-6H3,(H,40,43)(H,41,45). The lowest BCUT2D eigenvalue weighted by Crippen LogP contribution is -2.53. The van der Waals surface area contributed by atoms with Gasteiger partial charge in [0.2, 0.25) is 5.91 Å². The Labute approximate surface area is 275 Å². The molecule has 3 aromatic rings. The Bertz CT molecular complexity index is 1430. The van der Waals surface area contributed by atoms with Crippen molar-refractivity contribution in [3.8, 4) is 0 Å². The van der Waals surface area contributed by atoms with E-state index >= 15 is 0 Å². The highest BCUT2D eigenvalue weighted by atomic mass is 16.6. The SMILES string of the molecule is C=Cc1cccc(C(C(=O)Nc2ccccc2C)N(CCCCCCCC)C(=O)C(Cc2ccccc2)NC(=O)OC(C)(C)C)c1. The van der Waals surface area contributed by atoms with E-state index in [0.717, 1.165) is 55.2 Å². The molecular weight excluding hydrogens is 574 g/mol. The zero-order valence-corrected chi connectivity index (χ0v) is 28.2. The van der Waals surface area contributed by atoms with Gasteiger partial charge in [0, 0.05) is 18.7 Å². The summed E-state index contributed by atoms with van der Waals surface area (Å²) >= 11 is 0. The predicted molar refractivity (Wildman–Crippen MR) is 187 cm³/mol. The Balaban J connectivity index is 2.07. The summed E-state index contributed by atoms with van der Waals surface area (Å²) in [5, 5.41) is 5.94. The fraction of sp³-hybridized carbons (Fsp3) is 0.410. The van der Waals surface area contributed by atoms with Gasteiger partial charge in [-0.1, -0.05) is 118 Å². The minimum atomic E-state index is -0.964. The number of nitrogens with zero attached hydrogens (tertiary/aromatic N) is 1. The molecule has 2 N–H and O–H groups in total. The Morgan fingerprint density at radius 3 is 2.24 bits per heavy atom. The molecule has 0 aliphatic carbocycles. The van der Waals surface area contributed by atoms with E-state index in [2.05, 4.69) is 24.1 Å². The topological polar surface area (TPSA) is 87.7 Å². The lowest BCUT2D eigenvalue weighted by molar-refractivity contribution is -0.140. The van der Waals surface area contributed by atoms with Crippen molar-refractivity contribution >= 4 is 29.7 Å². The van der Waals surface area contributed by atoms with Crippen molar-refractivity contribution in [1.29, 1.82) is 0 Å². The number of amides is 3. The minimum absolute atomic E-state index is 0.241. The van der Waals surface area contributed by atoms with Gasteiger partial charge in [-0.2, -0.15) is 0 Å². The van der Waals surface area contributed by atoms with Crippen molar-refractivity contribution in [2.75, 3.05) is 11.9 Å². The van der Waals surface area contributed by atoms with E-state index in [1.54, 1.807) is 31.7 Å². The number of carbonyl (C=O) groups is 3. The third-order valence-electron chi connectivity index (χ3n) is 7.73. The van der Waals surface area contributed by atoms with Crippen LogP contribution in [0, 0.1) is 6.92 Å². The van der Waals surface area contributed by atoms with Crippen LogP contribution in [0.2, 0.25) is 0 Å². The second-order valence-corrected chi connectivity index (χ2v) is 12.8. The van der Waals surface area contributed by atoms with Crippen LogP contribution in [0.15, 0.2) is 85.4 Å². The largest absolute Gasteiger partial charge is 0.444 e. The van der Waals surface area contributed by atoms with E-state index in [1.165, 1.54) is 0 Å². The third kappa shape index (κ3) is 11.5. The number of hydrogen-bond donors (Lipinski definition) is 2. The molecule has 0 bridgehead atoms. The summed E-state index contributed by atoms with van der Waals surface area (Å²) in [4.78, 5) is 43.8. The zero-order chi connectivity index (χ0) is 33.5. The highest BCUT2D eigenvalue weighted by molar-refractivity contribution is 5.99. The zero-order valence-electron chi connectivity index (χ0n) is 28.2. The van der Waals surface area contributed by atoms with Crippen LogP contribution in [0.5, 0.6) is 0 Å². The first-order valence-corrected chi connectivity index (χ1v) is 16.4. The number of hydrogen-bond acceptors (Lipinski definition) is 4. The molecule has 0 aliphatic heterocycles. The maximum atomic E-state index is 14.8. The van der Waals surface area contributed by atoms with Crippen LogP contribution in [-0.4, -0.2) is 41.0 Å². The second kappa shape index (κ2) is 17.9. The molecule has 3 aromatic carbocycles. The summed E-state index contributed by atoms with van der Waals surface area (Å²) in [5.41, 5.74) is 3.23. The molecular formula is C39H51N3O4. The van der Waals surface area contributed by atoms with Gasteiger partial charge in [-0.25, -0.2) is 4.79 Å². The van der Waals surface area contributed by atoms with Crippen LogP contribution in [0.1, 0.15) is 94.5 Å². The average Bonchev–Trinajstić information content (AvgIpc) is 3.02. The molecule has 7 heteroatoms. The Morgan fingerprint density at radius 2 is 1.57 bits per heavy atom. The number of anilines is 1. The van der Waals surface area contributed by atoms with Gasteiger partial charge in [0.05, 0.1) is 0 Å². The molecule has 3 amide bonds. The second-order valence-electron chi connectivity index (χ2n) is 12.8. The average molecular weight is 626 g/mol. The van der Waals surface area contributed by atoms with Gasteiger partial charge in [0.1, 0.15) is 17.7 Å². The number of carbonyl (C=O) groups excluding carboxylic acids is 3. The molecule has 0 aliphatic rings. The molecule has 246 valence electrons. The van der Waals surface area contributed by atoms with E-state index in [1.807, 2.05) is 85.8 Å². The molecule has 0 aromatic heterocycles. The van der Waals surface area contributed by atoms with Crippen LogP contribution in [0.3, 0.4) is 0 Å². The van der Waals surface area contributed by atoms with E-state index in [-0.39, 0.29) is 18.2 Å². The molecule has 0 fully saturated rings. The van der Waals surface area contributed by atoms with Crippen molar-refractivity contribution in [2.45, 2.75) is 97.2 Å². The van der Waals surface area contributed by atoms with Crippen molar-refractivity contribution < 1.29 is 19.1 Å². The molecule has 2 atom stereocenters. The van der Waals surface area contributed by atoms with Gasteiger partial charge in [0.25, 0.3) is 5.91 Å². The molecule has 0 radical (unpaired) electrons. The molecule has 2 unspecified atom stereocenters. The lowest BCUT2D eigenvalue weighted by atomic mass is 9.98. The third-order valence-corrected chi connectivity index (χ3v) is 7.73. The minimum Gasteiger partial charge on any atom is -0.444 e. The number of benzene rings is 3. The molecule has 46 heavy (non-hydrogen) atoms. The van der Waals surface area contributed by atoms with Crippen molar-refractivity contribution in [2.24, 2.45) is 0 Å². The van der Waals surface area contributed by atoms with E-state index in [4.69, 9.17) is 4.74 Å². The fourth-order valence-electron chi connectivity index (χ4n) is 5.37. The predicted octanol–water partition coefficient (Wildman–Crippen LogP) is 8.64. The molecule has 0 saturated heterocycles. The van der Waals surface area contributed by atoms with Gasteiger partial charge >= 0.3 is 6.09 Å². The summed E-state index contributed by atoms with van der Waals surface area (Å²) in [6.07, 6.45) is 7.40. The number of unbranched alkanes of at least 4 members (excludes halogenated alkanes) is 5. The summed E-state index contributed by atoms with van der Waals surface area (Å²) in [7, 11) is 0. The first kappa shape index (κ1) is 36.1. The lowest BCUT2D eigenvalue weighted by Gasteiger charge is -2.35. The van der Waals surface area contributed by atoms with Gasteiger partial charge in [-0.3, -0.25) is 9.59 Å². The van der Waals surface area contributed by atoms with Gasteiger partial charge in [0.15, 0.2) is 0 Å². The number of alkyl carbamates (subject to hydrolysis) is 1. The van der Waals surface area contributed by atoms with Crippen LogP contribution in [0.4, 0.5) is 10.5 Å². The normalized spacial score (nSPS) is 12.5. The molecule has 3 rings (SSSR count). The maximum absolute atomic E-state index is 14.8. The monoisotopic (exact) mass is 625 g/mol.